The van der Waals surface area contributed by atoms with Crippen molar-refractivity contribution in [2.75, 3.05) is 26.3 Å². The summed E-state index contributed by atoms with van der Waals surface area (Å²) in [6.45, 7) is 2.40. The van der Waals surface area contributed by atoms with Gasteiger partial charge in [0.1, 0.15) is 6.04 Å². The standard InChI is InChI=1S/C17H19BrN2O5/c18-11-1-2-14-12(9-11)13(10-20(14)4-3-15(21)22)16(17(23)24)19-5-7-25-8-6-19/h1-2,9-10,16H,3-8H2,(H,21,22)(H,23,24)/t16-/m0/s1. The van der Waals surface area contributed by atoms with E-state index in [9.17, 15) is 14.7 Å². The van der Waals surface area contributed by atoms with Crippen LogP contribution in [0.3, 0.4) is 0 Å². The second kappa shape index (κ2) is 7.55. The van der Waals surface area contributed by atoms with Crippen molar-refractivity contribution in [3.8, 4) is 0 Å². The summed E-state index contributed by atoms with van der Waals surface area (Å²) in [6, 6.07) is 4.85. The lowest BCUT2D eigenvalue weighted by molar-refractivity contribution is -0.145. The van der Waals surface area contributed by atoms with E-state index in [4.69, 9.17) is 9.84 Å². The normalized spacial score (nSPS) is 16.8. The Bertz CT molecular complexity index is 798. The third-order valence-electron chi connectivity index (χ3n) is 4.38. The quantitative estimate of drug-likeness (QED) is 0.758. The molecule has 0 radical (unpaired) electrons. The number of nitrogens with zero attached hydrogens (tertiary/aromatic N) is 2. The van der Waals surface area contributed by atoms with Gasteiger partial charge in [-0.05, 0) is 18.2 Å². The number of halogens is 1. The maximum absolute atomic E-state index is 12.0. The number of fused-ring (bicyclic) bond motifs is 1. The van der Waals surface area contributed by atoms with Crippen molar-refractivity contribution in [2.45, 2.75) is 19.0 Å². The number of carboxylic acids is 2. The predicted octanol–water partition coefficient (Wildman–Crippen LogP) is 2.34. The van der Waals surface area contributed by atoms with Gasteiger partial charge in [0.2, 0.25) is 0 Å². The molecule has 0 saturated carbocycles. The molecular formula is C17H19BrN2O5. The first kappa shape index (κ1) is 17.9. The lowest BCUT2D eigenvalue weighted by atomic mass is 10.0. The van der Waals surface area contributed by atoms with Gasteiger partial charge in [0, 0.05) is 46.8 Å². The van der Waals surface area contributed by atoms with Crippen LogP contribution in [-0.4, -0.2) is 57.9 Å². The van der Waals surface area contributed by atoms with Crippen LogP contribution in [0.1, 0.15) is 18.0 Å². The van der Waals surface area contributed by atoms with Crippen molar-refractivity contribution in [1.29, 1.82) is 0 Å². The molecule has 1 aromatic heterocycles. The number of rotatable bonds is 6. The summed E-state index contributed by atoms with van der Waals surface area (Å²) >= 11 is 3.44. The minimum atomic E-state index is -0.917. The summed E-state index contributed by atoms with van der Waals surface area (Å²) in [6.07, 6.45) is 1.75. The van der Waals surface area contributed by atoms with E-state index in [1.54, 1.807) is 6.20 Å². The second-order valence-electron chi connectivity index (χ2n) is 5.97. The summed E-state index contributed by atoms with van der Waals surface area (Å²) in [5, 5.41) is 19.6. The highest BCUT2D eigenvalue weighted by Crippen LogP contribution is 2.33. The molecule has 3 rings (SSSR count). The van der Waals surface area contributed by atoms with Crippen LogP contribution < -0.4 is 0 Å². The summed E-state index contributed by atoms with van der Waals surface area (Å²) in [4.78, 5) is 24.8. The van der Waals surface area contributed by atoms with Crippen LogP contribution in [0.4, 0.5) is 0 Å². The molecule has 1 saturated heterocycles. The molecule has 0 unspecified atom stereocenters. The second-order valence-corrected chi connectivity index (χ2v) is 6.89. The summed E-state index contributed by atoms with van der Waals surface area (Å²) in [5.74, 6) is -1.80. The molecule has 2 heterocycles. The van der Waals surface area contributed by atoms with E-state index < -0.39 is 18.0 Å². The van der Waals surface area contributed by atoms with Gasteiger partial charge >= 0.3 is 11.9 Å². The van der Waals surface area contributed by atoms with Crippen molar-refractivity contribution in [3.63, 3.8) is 0 Å². The Morgan fingerprint density at radius 1 is 1.24 bits per heavy atom. The first-order valence-corrected chi connectivity index (χ1v) is 8.81. The predicted molar refractivity (Wildman–Crippen MR) is 94.7 cm³/mol. The number of aromatic nitrogens is 1. The smallest absolute Gasteiger partial charge is 0.325 e. The number of carboxylic acid groups (broad SMARTS) is 2. The number of hydrogen-bond acceptors (Lipinski definition) is 4. The first-order chi connectivity index (χ1) is 12.0. The molecule has 0 spiro atoms. The van der Waals surface area contributed by atoms with Crippen molar-refractivity contribution < 1.29 is 24.5 Å². The Kier molecular flexibility index (Phi) is 5.41. The van der Waals surface area contributed by atoms with E-state index in [2.05, 4.69) is 15.9 Å². The van der Waals surface area contributed by atoms with Gasteiger partial charge in [-0.2, -0.15) is 0 Å². The van der Waals surface area contributed by atoms with Gasteiger partial charge in [0.25, 0.3) is 0 Å². The number of carbonyl (C=O) groups is 2. The van der Waals surface area contributed by atoms with Gasteiger partial charge in [0.15, 0.2) is 0 Å². The fraction of sp³-hybridized carbons (Fsp3) is 0.412. The minimum absolute atomic E-state index is 0.0193. The molecular weight excluding hydrogens is 392 g/mol. The zero-order valence-electron chi connectivity index (χ0n) is 13.5. The highest BCUT2D eigenvalue weighted by Gasteiger charge is 2.31. The van der Waals surface area contributed by atoms with Crippen LogP contribution in [0.5, 0.6) is 0 Å². The van der Waals surface area contributed by atoms with Crippen LogP contribution in [0.15, 0.2) is 28.9 Å². The van der Waals surface area contributed by atoms with Crippen LogP contribution >= 0.6 is 15.9 Å². The molecule has 1 atom stereocenters. The highest BCUT2D eigenvalue weighted by atomic mass is 79.9. The molecule has 25 heavy (non-hydrogen) atoms. The first-order valence-electron chi connectivity index (χ1n) is 8.02. The Hall–Kier alpha value is -1.90. The van der Waals surface area contributed by atoms with Gasteiger partial charge in [-0.1, -0.05) is 15.9 Å². The highest BCUT2D eigenvalue weighted by molar-refractivity contribution is 9.10. The Balaban J connectivity index is 2.07. The molecule has 134 valence electrons. The molecule has 0 bridgehead atoms. The molecule has 8 heteroatoms. The molecule has 0 amide bonds. The lowest BCUT2D eigenvalue weighted by Crippen LogP contribution is -2.42. The van der Waals surface area contributed by atoms with Gasteiger partial charge < -0.3 is 19.5 Å². The number of hydrogen-bond donors (Lipinski definition) is 2. The Morgan fingerprint density at radius 3 is 2.60 bits per heavy atom. The number of ether oxygens (including phenoxy) is 1. The summed E-state index contributed by atoms with van der Waals surface area (Å²) in [5.41, 5.74) is 1.51. The third-order valence-corrected chi connectivity index (χ3v) is 4.87. The molecule has 2 aromatic rings. The van der Waals surface area contributed by atoms with Crippen molar-refractivity contribution in [2.24, 2.45) is 0 Å². The average Bonchev–Trinajstić information content (AvgIpc) is 2.91. The largest absolute Gasteiger partial charge is 0.481 e. The maximum atomic E-state index is 12.0. The number of morpholine rings is 1. The molecule has 1 aliphatic rings. The van der Waals surface area contributed by atoms with E-state index in [0.717, 1.165) is 15.4 Å². The van der Waals surface area contributed by atoms with Crippen molar-refractivity contribution >= 4 is 38.8 Å². The SMILES string of the molecule is O=C(O)CCn1cc([C@@H](C(=O)O)N2CCOCC2)c2cc(Br)ccc21. The minimum Gasteiger partial charge on any atom is -0.481 e. The van der Waals surface area contributed by atoms with Crippen LogP contribution in [-0.2, 0) is 20.9 Å². The van der Waals surface area contributed by atoms with Crippen LogP contribution in [0.25, 0.3) is 10.9 Å². The Labute approximate surface area is 152 Å². The van der Waals surface area contributed by atoms with Crippen molar-refractivity contribution in [3.05, 3.63) is 34.4 Å². The van der Waals surface area contributed by atoms with E-state index in [1.165, 1.54) is 0 Å². The molecule has 2 N–H and O–H groups in total. The molecule has 1 aliphatic heterocycles. The van der Waals surface area contributed by atoms with E-state index in [1.807, 2.05) is 27.7 Å². The molecule has 7 nitrogen and oxygen atoms in total. The van der Waals surface area contributed by atoms with Gasteiger partial charge in [-0.15, -0.1) is 0 Å². The monoisotopic (exact) mass is 410 g/mol. The molecule has 1 fully saturated rings. The van der Waals surface area contributed by atoms with E-state index in [0.29, 0.717) is 38.4 Å². The van der Waals surface area contributed by atoms with E-state index >= 15 is 0 Å². The fourth-order valence-corrected chi connectivity index (χ4v) is 3.60. The zero-order chi connectivity index (χ0) is 18.0. The third kappa shape index (κ3) is 3.86. The summed E-state index contributed by atoms with van der Waals surface area (Å²) < 4.78 is 8.00. The average molecular weight is 411 g/mol. The summed E-state index contributed by atoms with van der Waals surface area (Å²) in [7, 11) is 0. The number of aryl methyl sites for hydroxylation is 1. The Morgan fingerprint density at radius 2 is 1.96 bits per heavy atom. The lowest BCUT2D eigenvalue weighted by Gasteiger charge is -2.31. The molecule has 0 aliphatic carbocycles. The molecule has 1 aromatic carbocycles. The fourth-order valence-electron chi connectivity index (χ4n) is 3.24. The van der Waals surface area contributed by atoms with Crippen LogP contribution in [0.2, 0.25) is 0 Å². The number of benzene rings is 1. The van der Waals surface area contributed by atoms with Gasteiger partial charge in [-0.25, -0.2) is 0 Å². The van der Waals surface area contributed by atoms with Gasteiger partial charge in [-0.3, -0.25) is 14.5 Å². The zero-order valence-corrected chi connectivity index (χ0v) is 15.1. The van der Waals surface area contributed by atoms with E-state index in [-0.39, 0.29) is 6.42 Å². The maximum Gasteiger partial charge on any atom is 0.325 e. The topological polar surface area (TPSA) is 92.0 Å². The van der Waals surface area contributed by atoms with Crippen molar-refractivity contribution in [1.82, 2.24) is 9.47 Å². The van der Waals surface area contributed by atoms with Crippen LogP contribution in [0, 0.1) is 0 Å². The number of aliphatic carboxylic acids is 2. The van der Waals surface area contributed by atoms with Gasteiger partial charge in [0.05, 0.1) is 19.6 Å².